The summed E-state index contributed by atoms with van der Waals surface area (Å²) < 4.78 is 10.9. The molecule has 1 saturated heterocycles. The minimum absolute atomic E-state index is 0.286. The van der Waals surface area contributed by atoms with Gasteiger partial charge in [0.1, 0.15) is 0 Å². The standard InChI is InChI=1S/C10H18O2/c1-4-10(6-8-12-10)11-7-5-9(2)3/h5,7,9H,4,6,8H2,1-3H3. The van der Waals surface area contributed by atoms with Crippen LogP contribution >= 0.6 is 0 Å². The summed E-state index contributed by atoms with van der Waals surface area (Å²) in [6.45, 7) is 7.17. The first-order valence-corrected chi connectivity index (χ1v) is 4.67. The first-order chi connectivity index (χ1) is 5.68. The lowest BCUT2D eigenvalue weighted by atomic mass is 10.1. The number of hydrogen-bond acceptors (Lipinski definition) is 2. The molecule has 0 bridgehead atoms. The molecule has 0 aromatic carbocycles. The van der Waals surface area contributed by atoms with Crippen molar-refractivity contribution in [1.82, 2.24) is 0 Å². The van der Waals surface area contributed by atoms with Gasteiger partial charge in [0.05, 0.1) is 12.9 Å². The molecular weight excluding hydrogens is 152 g/mol. The average Bonchev–Trinajstić information content (AvgIpc) is 1.94. The molecule has 0 saturated carbocycles. The molecule has 0 aliphatic carbocycles. The molecule has 0 radical (unpaired) electrons. The van der Waals surface area contributed by atoms with Crippen molar-refractivity contribution in [3.8, 4) is 0 Å². The van der Waals surface area contributed by atoms with Crippen LogP contribution in [0.25, 0.3) is 0 Å². The topological polar surface area (TPSA) is 18.5 Å². The van der Waals surface area contributed by atoms with Crippen molar-refractivity contribution in [2.24, 2.45) is 5.92 Å². The highest BCUT2D eigenvalue weighted by Gasteiger charge is 2.37. The summed E-state index contributed by atoms with van der Waals surface area (Å²) >= 11 is 0. The van der Waals surface area contributed by atoms with Gasteiger partial charge >= 0.3 is 0 Å². The molecule has 1 aliphatic rings. The Bertz CT molecular complexity index is 152. The zero-order valence-corrected chi connectivity index (χ0v) is 8.17. The van der Waals surface area contributed by atoms with Gasteiger partial charge in [0.15, 0.2) is 0 Å². The quantitative estimate of drug-likeness (QED) is 0.604. The summed E-state index contributed by atoms with van der Waals surface area (Å²) in [6, 6.07) is 0. The van der Waals surface area contributed by atoms with Crippen LogP contribution in [0.15, 0.2) is 12.3 Å². The van der Waals surface area contributed by atoms with E-state index in [9.17, 15) is 0 Å². The highest BCUT2D eigenvalue weighted by molar-refractivity contribution is 4.83. The maximum Gasteiger partial charge on any atom is 0.211 e. The first-order valence-electron chi connectivity index (χ1n) is 4.67. The van der Waals surface area contributed by atoms with E-state index < -0.39 is 0 Å². The van der Waals surface area contributed by atoms with Crippen LogP contribution in [0.3, 0.4) is 0 Å². The number of allylic oxidation sites excluding steroid dienone is 1. The molecule has 1 atom stereocenters. The second-order valence-electron chi connectivity index (χ2n) is 3.55. The molecule has 2 nitrogen and oxygen atoms in total. The van der Waals surface area contributed by atoms with E-state index in [4.69, 9.17) is 9.47 Å². The largest absolute Gasteiger partial charge is 0.470 e. The van der Waals surface area contributed by atoms with Crippen LogP contribution in [0.5, 0.6) is 0 Å². The van der Waals surface area contributed by atoms with E-state index in [0.717, 1.165) is 19.4 Å². The van der Waals surface area contributed by atoms with Gasteiger partial charge in [-0.1, -0.05) is 20.8 Å². The van der Waals surface area contributed by atoms with Crippen LogP contribution in [0, 0.1) is 5.92 Å². The van der Waals surface area contributed by atoms with Gasteiger partial charge in [-0.15, -0.1) is 0 Å². The Labute approximate surface area is 74.6 Å². The lowest BCUT2D eigenvalue weighted by Crippen LogP contribution is -2.44. The molecular formula is C10H18O2. The molecule has 0 spiro atoms. The Balaban J connectivity index is 2.29. The van der Waals surface area contributed by atoms with E-state index in [1.165, 1.54) is 0 Å². The first kappa shape index (κ1) is 9.59. The molecule has 0 amide bonds. The lowest BCUT2D eigenvalue weighted by molar-refractivity contribution is -0.285. The van der Waals surface area contributed by atoms with Gasteiger partial charge in [0.25, 0.3) is 0 Å². The molecule has 1 fully saturated rings. The van der Waals surface area contributed by atoms with Crippen molar-refractivity contribution in [3.63, 3.8) is 0 Å². The lowest BCUT2D eigenvalue weighted by Gasteiger charge is -2.39. The van der Waals surface area contributed by atoms with Crippen molar-refractivity contribution in [3.05, 3.63) is 12.3 Å². The third-order valence-electron chi connectivity index (χ3n) is 2.13. The van der Waals surface area contributed by atoms with Gasteiger partial charge in [0, 0.05) is 12.8 Å². The van der Waals surface area contributed by atoms with E-state index in [1.54, 1.807) is 6.26 Å². The van der Waals surface area contributed by atoms with Crippen molar-refractivity contribution in [2.75, 3.05) is 6.61 Å². The molecule has 70 valence electrons. The van der Waals surface area contributed by atoms with Crippen molar-refractivity contribution in [1.29, 1.82) is 0 Å². The average molecular weight is 170 g/mol. The third-order valence-corrected chi connectivity index (χ3v) is 2.13. The van der Waals surface area contributed by atoms with Crippen LogP contribution in [0.1, 0.15) is 33.6 Å². The van der Waals surface area contributed by atoms with E-state index in [0.29, 0.717) is 5.92 Å². The third kappa shape index (κ3) is 2.24. The second kappa shape index (κ2) is 3.94. The van der Waals surface area contributed by atoms with E-state index in [1.807, 2.05) is 6.08 Å². The summed E-state index contributed by atoms with van der Waals surface area (Å²) in [7, 11) is 0. The van der Waals surface area contributed by atoms with Crippen LogP contribution in [0.4, 0.5) is 0 Å². The van der Waals surface area contributed by atoms with Crippen LogP contribution < -0.4 is 0 Å². The van der Waals surface area contributed by atoms with E-state index in [-0.39, 0.29) is 5.79 Å². The minimum atomic E-state index is -0.286. The molecule has 0 N–H and O–H groups in total. The Morgan fingerprint density at radius 2 is 2.25 bits per heavy atom. The SMILES string of the molecule is CCC1(OC=CC(C)C)CCO1. The maximum absolute atomic E-state index is 5.52. The Morgan fingerprint density at radius 3 is 2.58 bits per heavy atom. The van der Waals surface area contributed by atoms with Gasteiger partial charge in [-0.25, -0.2) is 0 Å². The fraction of sp³-hybridized carbons (Fsp3) is 0.800. The molecule has 1 unspecified atom stereocenters. The fourth-order valence-electron chi connectivity index (χ4n) is 1.11. The van der Waals surface area contributed by atoms with Gasteiger partial charge in [-0.05, 0) is 12.0 Å². The highest BCUT2D eigenvalue weighted by atomic mass is 16.7. The highest BCUT2D eigenvalue weighted by Crippen LogP contribution is 2.31. The zero-order valence-electron chi connectivity index (χ0n) is 8.17. The monoisotopic (exact) mass is 170 g/mol. The van der Waals surface area contributed by atoms with E-state index in [2.05, 4.69) is 20.8 Å². The summed E-state index contributed by atoms with van der Waals surface area (Å²) in [4.78, 5) is 0. The number of hydrogen-bond donors (Lipinski definition) is 0. The molecule has 2 heteroatoms. The fourth-order valence-corrected chi connectivity index (χ4v) is 1.11. The van der Waals surface area contributed by atoms with Crippen LogP contribution in [-0.2, 0) is 9.47 Å². The van der Waals surface area contributed by atoms with Crippen LogP contribution in [0.2, 0.25) is 0 Å². The van der Waals surface area contributed by atoms with Gasteiger partial charge in [-0.3, -0.25) is 0 Å². The molecule has 0 aromatic rings. The summed E-state index contributed by atoms with van der Waals surface area (Å²) in [5.41, 5.74) is 0. The number of rotatable bonds is 4. The van der Waals surface area contributed by atoms with Crippen molar-refractivity contribution >= 4 is 0 Å². The van der Waals surface area contributed by atoms with Crippen molar-refractivity contribution < 1.29 is 9.47 Å². The van der Waals surface area contributed by atoms with Gasteiger partial charge in [0.2, 0.25) is 5.79 Å². The predicted molar refractivity (Wildman–Crippen MR) is 48.7 cm³/mol. The molecule has 1 aliphatic heterocycles. The predicted octanol–water partition coefficient (Wildman–Crippen LogP) is 2.70. The van der Waals surface area contributed by atoms with Gasteiger partial charge in [-0.2, -0.15) is 0 Å². The summed E-state index contributed by atoms with van der Waals surface area (Å²) in [6.07, 6.45) is 5.76. The summed E-state index contributed by atoms with van der Waals surface area (Å²) in [5, 5.41) is 0. The zero-order chi connectivity index (χ0) is 9.03. The van der Waals surface area contributed by atoms with E-state index >= 15 is 0 Å². The summed E-state index contributed by atoms with van der Waals surface area (Å²) in [5.74, 6) is 0.254. The maximum atomic E-state index is 5.52. The minimum Gasteiger partial charge on any atom is -0.470 e. The number of ether oxygens (including phenoxy) is 2. The Morgan fingerprint density at radius 1 is 1.58 bits per heavy atom. The second-order valence-corrected chi connectivity index (χ2v) is 3.55. The smallest absolute Gasteiger partial charge is 0.211 e. The Kier molecular flexibility index (Phi) is 3.15. The molecule has 1 rings (SSSR count). The Hall–Kier alpha value is -0.500. The normalized spacial score (nSPS) is 29.3. The van der Waals surface area contributed by atoms with Crippen molar-refractivity contribution in [2.45, 2.75) is 39.4 Å². The molecule has 1 heterocycles. The van der Waals surface area contributed by atoms with Gasteiger partial charge < -0.3 is 9.47 Å². The van der Waals surface area contributed by atoms with Crippen LogP contribution in [-0.4, -0.2) is 12.4 Å². The molecule has 12 heavy (non-hydrogen) atoms. The molecule has 0 aromatic heterocycles.